The first kappa shape index (κ1) is 19.9. The molecule has 6 nitrogen and oxygen atoms in total. The number of hydrogen-bond donors (Lipinski definition) is 1. The van der Waals surface area contributed by atoms with E-state index in [2.05, 4.69) is 15.3 Å². The van der Waals surface area contributed by atoms with Crippen molar-refractivity contribution in [2.45, 2.75) is 0 Å². The molecule has 0 saturated carbocycles. The highest BCUT2D eigenvalue weighted by Gasteiger charge is 2.23. The highest BCUT2D eigenvalue weighted by Crippen LogP contribution is 2.35. The van der Waals surface area contributed by atoms with Crippen molar-refractivity contribution in [2.24, 2.45) is 0 Å². The second-order valence-electron chi connectivity index (χ2n) is 6.54. The van der Waals surface area contributed by atoms with Gasteiger partial charge in [-0.1, -0.05) is 12.1 Å². The zero-order valence-corrected chi connectivity index (χ0v) is 16.0. The van der Waals surface area contributed by atoms with Crippen LogP contribution in [0.2, 0.25) is 0 Å². The van der Waals surface area contributed by atoms with Crippen molar-refractivity contribution in [1.29, 1.82) is 5.26 Å². The van der Waals surface area contributed by atoms with Crippen LogP contribution in [0.3, 0.4) is 0 Å². The lowest BCUT2D eigenvalue weighted by atomic mass is 9.96. The number of hydrogen-bond acceptors (Lipinski definition) is 6. The van der Waals surface area contributed by atoms with E-state index < -0.39 is 11.6 Å². The van der Waals surface area contributed by atoms with E-state index in [4.69, 9.17) is 4.74 Å². The fourth-order valence-corrected chi connectivity index (χ4v) is 3.18. The SMILES string of the molecule is N#Cc1c(F)cccc1/C(C=O)=C/C1=C(Nc2cccnc2)COc2cc(F)cnc21. The van der Waals surface area contributed by atoms with Gasteiger partial charge in [0.05, 0.1) is 29.3 Å². The smallest absolute Gasteiger partial charge is 0.150 e. The third-order valence-corrected chi connectivity index (χ3v) is 4.59. The molecule has 2 aromatic heterocycles. The van der Waals surface area contributed by atoms with E-state index in [-0.39, 0.29) is 29.1 Å². The minimum absolute atomic E-state index is 0.0409. The molecule has 4 rings (SSSR count). The summed E-state index contributed by atoms with van der Waals surface area (Å²) < 4.78 is 33.4. The zero-order valence-electron chi connectivity index (χ0n) is 16.0. The number of anilines is 1. The molecule has 0 saturated heterocycles. The number of pyridine rings is 2. The van der Waals surface area contributed by atoms with Crippen LogP contribution in [0.25, 0.3) is 11.1 Å². The van der Waals surface area contributed by atoms with Gasteiger partial charge in [0.25, 0.3) is 0 Å². The fraction of sp³-hybridized carbons (Fsp3) is 0.0435. The second kappa shape index (κ2) is 8.55. The van der Waals surface area contributed by atoms with Crippen LogP contribution in [0.4, 0.5) is 14.5 Å². The van der Waals surface area contributed by atoms with E-state index in [1.54, 1.807) is 30.6 Å². The van der Waals surface area contributed by atoms with E-state index in [1.165, 1.54) is 24.3 Å². The van der Waals surface area contributed by atoms with Crippen molar-refractivity contribution in [3.05, 3.63) is 95.2 Å². The maximum Gasteiger partial charge on any atom is 0.150 e. The number of nitrogens with one attached hydrogen (secondary N) is 1. The first-order valence-corrected chi connectivity index (χ1v) is 9.15. The van der Waals surface area contributed by atoms with Crippen LogP contribution in [0, 0.1) is 23.0 Å². The zero-order chi connectivity index (χ0) is 21.8. The number of rotatable bonds is 5. The van der Waals surface area contributed by atoms with Gasteiger partial charge in [-0.2, -0.15) is 5.26 Å². The molecule has 0 amide bonds. The number of nitrogens with zero attached hydrogens (tertiary/aromatic N) is 3. The number of halogens is 2. The maximum atomic E-state index is 14.1. The molecule has 8 heteroatoms. The lowest BCUT2D eigenvalue weighted by molar-refractivity contribution is -0.103. The molecule has 0 bridgehead atoms. The fourth-order valence-electron chi connectivity index (χ4n) is 3.18. The maximum absolute atomic E-state index is 14.1. The van der Waals surface area contributed by atoms with Crippen molar-refractivity contribution in [3.8, 4) is 11.8 Å². The van der Waals surface area contributed by atoms with Crippen LogP contribution < -0.4 is 10.1 Å². The number of allylic oxidation sites excluding steroid dienone is 3. The Kier molecular flexibility index (Phi) is 5.49. The van der Waals surface area contributed by atoms with Gasteiger partial charge in [0, 0.05) is 29.0 Å². The number of nitriles is 1. The van der Waals surface area contributed by atoms with Gasteiger partial charge < -0.3 is 10.1 Å². The van der Waals surface area contributed by atoms with Gasteiger partial charge in [-0.15, -0.1) is 0 Å². The lowest BCUT2D eigenvalue weighted by Crippen LogP contribution is -2.18. The molecule has 0 atom stereocenters. The minimum atomic E-state index is -0.733. The molecule has 3 aromatic rings. The van der Waals surface area contributed by atoms with E-state index in [0.29, 0.717) is 28.9 Å². The van der Waals surface area contributed by atoms with Gasteiger partial charge >= 0.3 is 0 Å². The molecule has 152 valence electrons. The summed E-state index contributed by atoms with van der Waals surface area (Å²) in [5.74, 6) is -1.10. The monoisotopic (exact) mass is 416 g/mol. The summed E-state index contributed by atoms with van der Waals surface area (Å²) in [7, 11) is 0. The Morgan fingerprint density at radius 2 is 2.10 bits per heavy atom. The number of fused-ring (bicyclic) bond motifs is 1. The standard InChI is InChI=1S/C23H14F2N4O2/c24-15-8-22-23(28-10-15)18(21(13-31-22)29-16-3-2-6-27-11-16)7-14(12-30)17-4-1-5-20(25)19(17)9-26/h1-8,10-12,29H,13H2/b14-7+. The summed E-state index contributed by atoms with van der Waals surface area (Å²) >= 11 is 0. The molecular formula is C23H14F2N4O2. The molecule has 1 aromatic carbocycles. The highest BCUT2D eigenvalue weighted by atomic mass is 19.1. The summed E-state index contributed by atoms with van der Waals surface area (Å²) in [5.41, 5.74) is 1.90. The van der Waals surface area contributed by atoms with Crippen molar-refractivity contribution < 1.29 is 18.3 Å². The van der Waals surface area contributed by atoms with Gasteiger partial charge in [0.2, 0.25) is 0 Å². The molecule has 0 unspecified atom stereocenters. The quantitative estimate of drug-likeness (QED) is 0.497. The summed E-state index contributed by atoms with van der Waals surface area (Å²) in [5, 5.41) is 12.5. The van der Waals surface area contributed by atoms with Crippen LogP contribution in [0.1, 0.15) is 16.8 Å². The Morgan fingerprint density at radius 1 is 1.23 bits per heavy atom. The van der Waals surface area contributed by atoms with Crippen LogP contribution in [-0.2, 0) is 4.79 Å². The minimum Gasteiger partial charge on any atom is -0.485 e. The van der Waals surface area contributed by atoms with Crippen molar-refractivity contribution in [3.63, 3.8) is 0 Å². The Morgan fingerprint density at radius 3 is 2.84 bits per heavy atom. The predicted molar refractivity (Wildman–Crippen MR) is 110 cm³/mol. The molecule has 1 aliphatic heterocycles. The second-order valence-corrected chi connectivity index (χ2v) is 6.54. The van der Waals surface area contributed by atoms with Gasteiger partial charge in [-0.3, -0.25) is 9.78 Å². The van der Waals surface area contributed by atoms with Gasteiger partial charge in [-0.25, -0.2) is 13.8 Å². The van der Waals surface area contributed by atoms with E-state index in [0.717, 1.165) is 12.3 Å². The lowest BCUT2D eigenvalue weighted by Gasteiger charge is -2.23. The molecule has 1 N–H and O–H groups in total. The number of ether oxygens (including phenoxy) is 1. The van der Waals surface area contributed by atoms with E-state index >= 15 is 0 Å². The molecule has 31 heavy (non-hydrogen) atoms. The first-order valence-electron chi connectivity index (χ1n) is 9.15. The van der Waals surface area contributed by atoms with Crippen LogP contribution in [0.15, 0.2) is 66.8 Å². The number of carbonyl (C=O) groups excluding carboxylic acids is 1. The van der Waals surface area contributed by atoms with Crippen molar-refractivity contribution in [1.82, 2.24) is 9.97 Å². The van der Waals surface area contributed by atoms with E-state index in [1.807, 2.05) is 0 Å². The van der Waals surface area contributed by atoms with Gasteiger partial charge in [-0.05, 0) is 24.3 Å². The number of benzene rings is 1. The summed E-state index contributed by atoms with van der Waals surface area (Å²) in [6.45, 7) is 0.0409. The average molecular weight is 416 g/mol. The number of aromatic nitrogens is 2. The summed E-state index contributed by atoms with van der Waals surface area (Å²) in [6, 6.07) is 10.6. The largest absolute Gasteiger partial charge is 0.485 e. The Balaban J connectivity index is 1.90. The third kappa shape index (κ3) is 4.02. The number of carbonyl (C=O) groups is 1. The molecule has 0 spiro atoms. The molecule has 3 heterocycles. The molecular weight excluding hydrogens is 402 g/mol. The third-order valence-electron chi connectivity index (χ3n) is 4.59. The average Bonchev–Trinajstić information content (AvgIpc) is 2.79. The molecule has 0 aliphatic carbocycles. The van der Waals surface area contributed by atoms with Gasteiger partial charge in [0.1, 0.15) is 35.8 Å². The Labute approximate surface area is 176 Å². The summed E-state index contributed by atoms with van der Waals surface area (Å²) in [4.78, 5) is 20.1. The molecule has 0 radical (unpaired) electrons. The van der Waals surface area contributed by atoms with Crippen LogP contribution in [0.5, 0.6) is 5.75 Å². The topological polar surface area (TPSA) is 87.9 Å². The first-order chi connectivity index (χ1) is 15.1. The predicted octanol–water partition coefficient (Wildman–Crippen LogP) is 4.12. The van der Waals surface area contributed by atoms with Crippen molar-refractivity contribution in [2.75, 3.05) is 11.9 Å². The van der Waals surface area contributed by atoms with Crippen molar-refractivity contribution >= 4 is 23.1 Å². The summed E-state index contributed by atoms with van der Waals surface area (Å²) in [6.07, 6.45) is 6.27. The molecule has 0 fully saturated rings. The Hall–Kier alpha value is -4.38. The molecule has 1 aliphatic rings. The van der Waals surface area contributed by atoms with Crippen LogP contribution >= 0.6 is 0 Å². The van der Waals surface area contributed by atoms with Crippen LogP contribution in [-0.4, -0.2) is 22.9 Å². The Bertz CT molecular complexity index is 1260. The van der Waals surface area contributed by atoms with E-state index in [9.17, 15) is 18.8 Å². The normalized spacial score (nSPS) is 13.1. The highest BCUT2D eigenvalue weighted by molar-refractivity contribution is 6.11. The number of aldehydes is 1. The van der Waals surface area contributed by atoms with Gasteiger partial charge in [0.15, 0.2) is 6.29 Å².